The lowest BCUT2D eigenvalue weighted by Gasteiger charge is -2.30. The summed E-state index contributed by atoms with van der Waals surface area (Å²) in [4.78, 5) is 29.3. The number of likely N-dealkylation sites (tertiary alicyclic amines) is 1. The third-order valence-corrected chi connectivity index (χ3v) is 5.72. The van der Waals surface area contributed by atoms with E-state index in [0.717, 1.165) is 50.4 Å². The number of carbonyl (C=O) groups excluding carboxylic acids is 2. The number of anilines is 2. The summed E-state index contributed by atoms with van der Waals surface area (Å²) < 4.78 is 0. The number of piperidine rings is 1. The van der Waals surface area contributed by atoms with Crippen LogP contribution < -0.4 is 10.2 Å². The van der Waals surface area contributed by atoms with E-state index in [2.05, 4.69) is 31.0 Å². The fraction of sp³-hybridized carbons (Fsp3) is 0.417. The summed E-state index contributed by atoms with van der Waals surface area (Å²) >= 11 is 0. The molecule has 5 heteroatoms. The van der Waals surface area contributed by atoms with Crippen LogP contribution in [0.2, 0.25) is 0 Å². The van der Waals surface area contributed by atoms with Crippen LogP contribution in [-0.4, -0.2) is 42.9 Å². The van der Waals surface area contributed by atoms with Gasteiger partial charge in [0.05, 0.1) is 0 Å². The highest BCUT2D eigenvalue weighted by Crippen LogP contribution is 2.20. The van der Waals surface area contributed by atoms with E-state index in [0.29, 0.717) is 17.0 Å². The summed E-state index contributed by atoms with van der Waals surface area (Å²) in [5.74, 6) is 0.563. The molecule has 0 spiro atoms. The Labute approximate surface area is 173 Å². The molecule has 0 saturated carbocycles. The minimum absolute atomic E-state index is 0.0517. The van der Waals surface area contributed by atoms with Gasteiger partial charge in [0.15, 0.2) is 0 Å². The first-order valence-corrected chi connectivity index (χ1v) is 10.6. The highest BCUT2D eigenvalue weighted by molar-refractivity contribution is 6.05. The van der Waals surface area contributed by atoms with E-state index >= 15 is 0 Å². The normalized spacial score (nSPS) is 14.5. The molecular formula is C24H31N3O2. The Hall–Kier alpha value is -2.82. The number of nitrogens with one attached hydrogen (secondary N) is 1. The predicted octanol–water partition coefficient (Wildman–Crippen LogP) is 4.66. The lowest BCUT2D eigenvalue weighted by atomic mass is 9.98. The Kier molecular flexibility index (Phi) is 6.91. The lowest BCUT2D eigenvalue weighted by molar-refractivity contribution is 0.0697. The molecule has 1 fully saturated rings. The van der Waals surface area contributed by atoms with Crippen LogP contribution in [0.3, 0.4) is 0 Å². The molecule has 1 heterocycles. The van der Waals surface area contributed by atoms with Crippen LogP contribution in [0.25, 0.3) is 0 Å². The van der Waals surface area contributed by atoms with Crippen molar-refractivity contribution < 1.29 is 9.59 Å². The minimum Gasteiger partial charge on any atom is -0.372 e. The van der Waals surface area contributed by atoms with Gasteiger partial charge in [0.2, 0.25) is 0 Å². The average molecular weight is 394 g/mol. The van der Waals surface area contributed by atoms with E-state index in [1.165, 1.54) is 0 Å². The maximum Gasteiger partial charge on any atom is 0.255 e. The molecule has 3 rings (SSSR count). The fourth-order valence-corrected chi connectivity index (χ4v) is 3.71. The van der Waals surface area contributed by atoms with Crippen LogP contribution >= 0.6 is 0 Å². The van der Waals surface area contributed by atoms with Crippen molar-refractivity contribution in [2.45, 2.75) is 33.6 Å². The highest BCUT2D eigenvalue weighted by Gasteiger charge is 2.21. The predicted molar refractivity (Wildman–Crippen MR) is 119 cm³/mol. The zero-order chi connectivity index (χ0) is 20.8. The van der Waals surface area contributed by atoms with Crippen molar-refractivity contribution in [2.75, 3.05) is 36.4 Å². The topological polar surface area (TPSA) is 52.7 Å². The molecule has 5 nitrogen and oxygen atoms in total. The highest BCUT2D eigenvalue weighted by atomic mass is 16.2. The molecule has 2 aromatic rings. The smallest absolute Gasteiger partial charge is 0.255 e. The third kappa shape index (κ3) is 5.17. The lowest BCUT2D eigenvalue weighted by Crippen LogP contribution is -2.37. The second kappa shape index (κ2) is 9.59. The molecule has 0 bridgehead atoms. The van der Waals surface area contributed by atoms with Gasteiger partial charge >= 0.3 is 0 Å². The molecule has 1 N–H and O–H groups in total. The van der Waals surface area contributed by atoms with Gasteiger partial charge in [-0.3, -0.25) is 9.59 Å². The van der Waals surface area contributed by atoms with Gasteiger partial charge in [0, 0.05) is 48.7 Å². The molecule has 0 aromatic heterocycles. The monoisotopic (exact) mass is 393 g/mol. The zero-order valence-corrected chi connectivity index (χ0v) is 17.6. The molecule has 0 unspecified atom stereocenters. The Balaban J connectivity index is 1.61. The summed E-state index contributed by atoms with van der Waals surface area (Å²) in [6.07, 6.45) is 2.11. The van der Waals surface area contributed by atoms with Crippen molar-refractivity contribution >= 4 is 23.2 Å². The van der Waals surface area contributed by atoms with E-state index in [9.17, 15) is 9.59 Å². The Morgan fingerprint density at radius 3 is 2.03 bits per heavy atom. The van der Waals surface area contributed by atoms with Crippen LogP contribution in [0.1, 0.15) is 54.3 Å². The van der Waals surface area contributed by atoms with E-state index in [1.54, 1.807) is 24.3 Å². The van der Waals surface area contributed by atoms with Crippen LogP contribution in [0.5, 0.6) is 0 Å². The molecule has 1 aliphatic heterocycles. The largest absolute Gasteiger partial charge is 0.372 e. The van der Waals surface area contributed by atoms with Crippen molar-refractivity contribution in [1.82, 2.24) is 4.90 Å². The number of rotatable bonds is 6. The number of carbonyl (C=O) groups is 2. The first-order chi connectivity index (χ1) is 14.0. The molecule has 1 saturated heterocycles. The number of benzene rings is 2. The molecule has 0 radical (unpaired) electrons. The van der Waals surface area contributed by atoms with Crippen LogP contribution in [0.15, 0.2) is 48.5 Å². The molecule has 1 aliphatic rings. The van der Waals surface area contributed by atoms with Gasteiger partial charge < -0.3 is 15.1 Å². The Bertz CT molecular complexity index is 818. The quantitative estimate of drug-likeness (QED) is 0.777. The molecular weight excluding hydrogens is 362 g/mol. The maximum atomic E-state index is 12.6. The van der Waals surface area contributed by atoms with E-state index in [-0.39, 0.29) is 11.8 Å². The molecule has 0 atom stereocenters. The first kappa shape index (κ1) is 20.9. The summed E-state index contributed by atoms with van der Waals surface area (Å²) in [5.41, 5.74) is 3.08. The second-order valence-electron chi connectivity index (χ2n) is 7.73. The van der Waals surface area contributed by atoms with Crippen molar-refractivity contribution in [3.63, 3.8) is 0 Å². The van der Waals surface area contributed by atoms with Crippen molar-refractivity contribution in [2.24, 2.45) is 5.92 Å². The molecule has 154 valence electrons. The Morgan fingerprint density at radius 1 is 0.931 bits per heavy atom. The molecule has 0 aliphatic carbocycles. The number of amides is 2. The molecule has 29 heavy (non-hydrogen) atoms. The molecule has 2 aromatic carbocycles. The van der Waals surface area contributed by atoms with Crippen LogP contribution in [-0.2, 0) is 0 Å². The first-order valence-electron chi connectivity index (χ1n) is 10.6. The standard InChI is InChI=1S/C24H31N3O2/c1-4-26(5-2)22-12-10-21(11-13-22)25-23(28)19-6-8-20(9-7-19)24(29)27-16-14-18(3)15-17-27/h6-13,18H,4-5,14-17H2,1-3H3,(H,25,28). The number of hydrogen-bond donors (Lipinski definition) is 1. The minimum atomic E-state index is -0.175. The van der Waals surface area contributed by atoms with Crippen molar-refractivity contribution in [1.29, 1.82) is 0 Å². The Morgan fingerprint density at radius 2 is 1.48 bits per heavy atom. The summed E-state index contributed by atoms with van der Waals surface area (Å²) in [7, 11) is 0. The van der Waals surface area contributed by atoms with E-state index in [4.69, 9.17) is 0 Å². The van der Waals surface area contributed by atoms with Gasteiger partial charge in [-0.05, 0) is 81.1 Å². The number of nitrogens with zero attached hydrogens (tertiary/aromatic N) is 2. The van der Waals surface area contributed by atoms with Gasteiger partial charge in [-0.1, -0.05) is 6.92 Å². The second-order valence-corrected chi connectivity index (χ2v) is 7.73. The number of hydrogen-bond acceptors (Lipinski definition) is 3. The zero-order valence-electron chi connectivity index (χ0n) is 17.6. The van der Waals surface area contributed by atoms with Gasteiger partial charge in [0.25, 0.3) is 11.8 Å². The van der Waals surface area contributed by atoms with Crippen molar-refractivity contribution in [3.05, 3.63) is 59.7 Å². The van der Waals surface area contributed by atoms with Crippen LogP contribution in [0, 0.1) is 5.92 Å². The summed E-state index contributed by atoms with van der Waals surface area (Å²) in [5, 5.41) is 2.92. The average Bonchev–Trinajstić information content (AvgIpc) is 2.76. The summed E-state index contributed by atoms with van der Waals surface area (Å²) in [6.45, 7) is 10.00. The van der Waals surface area contributed by atoms with Gasteiger partial charge in [-0.2, -0.15) is 0 Å². The third-order valence-electron chi connectivity index (χ3n) is 5.72. The van der Waals surface area contributed by atoms with Gasteiger partial charge in [-0.15, -0.1) is 0 Å². The van der Waals surface area contributed by atoms with E-state index < -0.39 is 0 Å². The van der Waals surface area contributed by atoms with Crippen LogP contribution in [0.4, 0.5) is 11.4 Å². The van der Waals surface area contributed by atoms with Gasteiger partial charge in [-0.25, -0.2) is 0 Å². The maximum absolute atomic E-state index is 12.6. The summed E-state index contributed by atoms with van der Waals surface area (Å²) in [6, 6.07) is 14.8. The SMILES string of the molecule is CCN(CC)c1ccc(NC(=O)c2ccc(C(=O)N3CCC(C)CC3)cc2)cc1. The fourth-order valence-electron chi connectivity index (χ4n) is 3.71. The van der Waals surface area contributed by atoms with Gasteiger partial charge in [0.1, 0.15) is 0 Å². The van der Waals surface area contributed by atoms with E-state index in [1.807, 2.05) is 29.2 Å². The van der Waals surface area contributed by atoms with Crippen molar-refractivity contribution in [3.8, 4) is 0 Å². The molecule has 2 amide bonds.